The maximum absolute atomic E-state index is 4.88. The van der Waals surface area contributed by atoms with Crippen molar-refractivity contribution in [1.29, 1.82) is 0 Å². The van der Waals surface area contributed by atoms with E-state index in [0.717, 1.165) is 16.5 Å². The Kier molecular flexibility index (Phi) is 3.76. The smallest absolute Gasteiger partial charge is 0.145 e. The number of fused-ring (bicyclic) bond motifs is 6. The molecule has 0 N–H and O–H groups in total. The first-order chi connectivity index (χ1) is 13.0. The van der Waals surface area contributed by atoms with Gasteiger partial charge < -0.3 is 0 Å². The molecule has 1 aliphatic carbocycles. The highest BCUT2D eigenvalue weighted by molar-refractivity contribution is 9.10. The van der Waals surface area contributed by atoms with Crippen LogP contribution >= 0.6 is 15.9 Å². The lowest BCUT2D eigenvalue weighted by molar-refractivity contribution is 0.717. The number of hydrogen-bond acceptors (Lipinski definition) is 1. The Labute approximate surface area is 167 Å². The van der Waals surface area contributed by atoms with Gasteiger partial charge in [0.25, 0.3) is 0 Å². The average Bonchev–Trinajstić information content (AvgIpc) is 3.06. The lowest BCUT2D eigenvalue weighted by Crippen LogP contribution is -2.09. The maximum atomic E-state index is 4.88. The fraction of sp³-hybridized carbons (Fsp3) is 0.208. The molecular formula is C24H21BrN2. The number of allylic oxidation sites excluding steroid dienone is 4. The third kappa shape index (κ3) is 2.49. The first kappa shape index (κ1) is 16.8. The van der Waals surface area contributed by atoms with Crippen LogP contribution in [0, 0.1) is 5.92 Å². The summed E-state index contributed by atoms with van der Waals surface area (Å²) in [7, 11) is 0. The van der Waals surface area contributed by atoms with Gasteiger partial charge in [0, 0.05) is 15.2 Å². The second-order valence-electron chi connectivity index (χ2n) is 7.70. The van der Waals surface area contributed by atoms with Gasteiger partial charge in [-0.1, -0.05) is 58.8 Å². The number of hydrogen-bond donors (Lipinski definition) is 0. The van der Waals surface area contributed by atoms with Crippen molar-refractivity contribution in [1.82, 2.24) is 9.38 Å². The van der Waals surface area contributed by atoms with Gasteiger partial charge in [-0.15, -0.1) is 0 Å². The quantitative estimate of drug-likeness (QED) is 0.300. The van der Waals surface area contributed by atoms with E-state index in [1.807, 2.05) is 0 Å². The number of halogens is 1. The Bertz CT molecular complexity index is 1290. The second kappa shape index (κ2) is 6.07. The van der Waals surface area contributed by atoms with Crippen LogP contribution in [-0.4, -0.2) is 9.38 Å². The van der Waals surface area contributed by atoms with Crippen LogP contribution in [0.25, 0.3) is 32.9 Å². The second-order valence-corrected chi connectivity index (χ2v) is 8.62. The fourth-order valence-corrected chi connectivity index (χ4v) is 5.10. The molecule has 2 aromatic carbocycles. The lowest BCUT2D eigenvalue weighted by atomic mass is 9.83. The molecule has 5 rings (SSSR count). The van der Waals surface area contributed by atoms with Crippen molar-refractivity contribution in [2.24, 2.45) is 5.92 Å². The number of imidazole rings is 1. The van der Waals surface area contributed by atoms with E-state index in [0.29, 0.717) is 5.92 Å². The van der Waals surface area contributed by atoms with E-state index in [9.17, 15) is 0 Å². The van der Waals surface area contributed by atoms with Crippen LogP contribution in [0.4, 0.5) is 0 Å². The minimum absolute atomic E-state index is 0.492. The molecule has 0 saturated carbocycles. The topological polar surface area (TPSA) is 17.3 Å². The highest BCUT2D eigenvalue weighted by Gasteiger charge is 2.23. The standard InChI is InChI=1S/C24H21BrN2/c1-14-10-15(2)23(16(3)11-14)22-13-26-24-19-7-5-4-6-18(19)20-12-17(25)8-9-21(20)27(22)24/h4-10,12-13,16H,11H2,1-3H3/t16-/m0/s1. The van der Waals surface area contributed by atoms with Crippen LogP contribution < -0.4 is 0 Å². The SMILES string of the molecule is CC1=CC(C)=C(c2cnc3c4ccccc4c4cc(Br)ccc4n23)[C@@H](C)C1. The molecular weight excluding hydrogens is 396 g/mol. The molecule has 1 atom stereocenters. The van der Waals surface area contributed by atoms with Crippen molar-refractivity contribution < 1.29 is 0 Å². The Morgan fingerprint density at radius 2 is 1.81 bits per heavy atom. The van der Waals surface area contributed by atoms with Crippen molar-refractivity contribution in [3.05, 3.63) is 76.1 Å². The summed E-state index contributed by atoms with van der Waals surface area (Å²) < 4.78 is 3.45. The van der Waals surface area contributed by atoms with Gasteiger partial charge in [-0.25, -0.2) is 4.98 Å². The van der Waals surface area contributed by atoms with Crippen molar-refractivity contribution in [2.45, 2.75) is 27.2 Å². The van der Waals surface area contributed by atoms with Crippen LogP contribution in [0.2, 0.25) is 0 Å². The average molecular weight is 417 g/mol. The Morgan fingerprint density at radius 1 is 1.04 bits per heavy atom. The van der Waals surface area contributed by atoms with E-state index in [4.69, 9.17) is 4.98 Å². The van der Waals surface area contributed by atoms with Gasteiger partial charge >= 0.3 is 0 Å². The van der Waals surface area contributed by atoms with E-state index in [1.54, 1.807) is 0 Å². The van der Waals surface area contributed by atoms with Crippen LogP contribution in [0.5, 0.6) is 0 Å². The number of nitrogens with zero attached hydrogens (tertiary/aromatic N) is 2. The third-order valence-corrected chi connectivity index (χ3v) is 6.20. The minimum Gasteiger partial charge on any atom is -0.292 e. The van der Waals surface area contributed by atoms with Gasteiger partial charge in [-0.2, -0.15) is 0 Å². The minimum atomic E-state index is 0.492. The molecule has 0 saturated heterocycles. The normalized spacial score (nSPS) is 17.9. The predicted molar refractivity (Wildman–Crippen MR) is 118 cm³/mol. The molecule has 0 unspecified atom stereocenters. The first-order valence-corrected chi connectivity index (χ1v) is 10.2. The van der Waals surface area contributed by atoms with Crippen molar-refractivity contribution in [2.75, 3.05) is 0 Å². The molecule has 2 heterocycles. The monoisotopic (exact) mass is 416 g/mol. The van der Waals surface area contributed by atoms with Crippen molar-refractivity contribution >= 4 is 48.8 Å². The van der Waals surface area contributed by atoms with Crippen molar-refractivity contribution in [3.63, 3.8) is 0 Å². The first-order valence-electron chi connectivity index (χ1n) is 9.40. The summed E-state index contributed by atoms with van der Waals surface area (Å²) in [6, 6.07) is 15.1. The van der Waals surface area contributed by atoms with E-state index < -0.39 is 0 Å². The van der Waals surface area contributed by atoms with E-state index in [-0.39, 0.29) is 0 Å². The van der Waals surface area contributed by atoms with Crippen LogP contribution in [0.15, 0.2) is 70.4 Å². The summed E-state index contributed by atoms with van der Waals surface area (Å²) in [5.74, 6) is 0.492. The number of aromatic nitrogens is 2. The maximum Gasteiger partial charge on any atom is 0.145 e. The lowest BCUT2D eigenvalue weighted by Gasteiger charge is -2.24. The van der Waals surface area contributed by atoms with Gasteiger partial charge in [0.2, 0.25) is 0 Å². The van der Waals surface area contributed by atoms with Gasteiger partial charge in [0.1, 0.15) is 5.65 Å². The van der Waals surface area contributed by atoms with Gasteiger partial charge in [-0.3, -0.25) is 4.40 Å². The van der Waals surface area contributed by atoms with Crippen LogP contribution in [0.1, 0.15) is 32.9 Å². The molecule has 0 radical (unpaired) electrons. The highest BCUT2D eigenvalue weighted by atomic mass is 79.9. The van der Waals surface area contributed by atoms with Gasteiger partial charge in [0.15, 0.2) is 0 Å². The molecule has 0 aliphatic heterocycles. The summed E-state index contributed by atoms with van der Waals surface area (Å²) in [6.45, 7) is 6.79. The Morgan fingerprint density at radius 3 is 2.59 bits per heavy atom. The zero-order valence-corrected chi connectivity index (χ0v) is 17.3. The molecule has 0 spiro atoms. The van der Waals surface area contributed by atoms with E-state index in [2.05, 4.69) is 95.8 Å². The summed E-state index contributed by atoms with van der Waals surface area (Å²) in [5, 5.41) is 3.69. The summed E-state index contributed by atoms with van der Waals surface area (Å²) >= 11 is 3.65. The van der Waals surface area contributed by atoms with Gasteiger partial charge in [0.05, 0.1) is 17.4 Å². The predicted octanol–water partition coefficient (Wildman–Crippen LogP) is 7.16. The highest BCUT2D eigenvalue weighted by Crippen LogP contribution is 2.39. The largest absolute Gasteiger partial charge is 0.292 e. The fourth-order valence-electron chi connectivity index (χ4n) is 4.74. The molecule has 134 valence electrons. The molecule has 1 aliphatic rings. The Balaban J connectivity index is 1.98. The Hall–Kier alpha value is -2.39. The number of rotatable bonds is 1. The zero-order valence-electron chi connectivity index (χ0n) is 15.8. The zero-order chi connectivity index (χ0) is 18.7. The molecule has 3 heteroatoms. The third-order valence-electron chi connectivity index (χ3n) is 5.70. The molecule has 0 amide bonds. The van der Waals surface area contributed by atoms with E-state index in [1.165, 1.54) is 44.1 Å². The molecule has 27 heavy (non-hydrogen) atoms. The molecule has 0 fully saturated rings. The van der Waals surface area contributed by atoms with Crippen LogP contribution in [0.3, 0.4) is 0 Å². The molecule has 0 bridgehead atoms. The molecule has 4 aromatic rings. The number of benzene rings is 2. The summed E-state index contributed by atoms with van der Waals surface area (Å²) in [5.41, 5.74) is 7.68. The van der Waals surface area contributed by atoms with E-state index >= 15 is 0 Å². The van der Waals surface area contributed by atoms with Crippen molar-refractivity contribution in [3.8, 4) is 0 Å². The van der Waals surface area contributed by atoms with Gasteiger partial charge in [-0.05, 0) is 60.9 Å². The summed E-state index contributed by atoms with van der Waals surface area (Å²) in [6.07, 6.45) is 5.50. The molecule has 2 aromatic heterocycles. The summed E-state index contributed by atoms with van der Waals surface area (Å²) in [4.78, 5) is 4.88. The number of pyridine rings is 1. The molecule has 2 nitrogen and oxygen atoms in total. The van der Waals surface area contributed by atoms with Crippen LogP contribution in [-0.2, 0) is 0 Å².